The summed E-state index contributed by atoms with van der Waals surface area (Å²) in [6.07, 6.45) is 3.59. The highest BCUT2D eigenvalue weighted by Gasteiger charge is 2.47. The minimum absolute atomic E-state index is 0.151. The Morgan fingerprint density at radius 1 is 1.11 bits per heavy atom. The predicted octanol–water partition coefficient (Wildman–Crippen LogP) is 2.23. The molecule has 0 spiro atoms. The molecule has 1 aromatic rings. The molecular weight excluding hydrogens is 244 g/mol. The van der Waals surface area contributed by atoms with E-state index in [2.05, 4.69) is 0 Å². The zero-order valence-electron chi connectivity index (χ0n) is 11.4. The molecule has 2 unspecified atom stereocenters. The van der Waals surface area contributed by atoms with E-state index in [4.69, 9.17) is 14.2 Å². The first-order valence-electron chi connectivity index (χ1n) is 6.75. The van der Waals surface area contributed by atoms with Crippen molar-refractivity contribution in [2.45, 2.75) is 43.5 Å². The van der Waals surface area contributed by atoms with Crippen molar-refractivity contribution >= 4 is 0 Å². The van der Waals surface area contributed by atoms with Crippen LogP contribution in [0.3, 0.4) is 0 Å². The van der Waals surface area contributed by atoms with Crippen molar-refractivity contribution in [1.82, 2.24) is 0 Å². The fraction of sp³-hybridized carbons (Fsp3) is 0.600. The Morgan fingerprint density at radius 2 is 1.63 bits per heavy atom. The van der Waals surface area contributed by atoms with Crippen molar-refractivity contribution in [2.75, 3.05) is 14.2 Å². The zero-order chi connectivity index (χ0) is 13.5. The molecule has 0 radical (unpaired) electrons. The van der Waals surface area contributed by atoms with E-state index in [0.29, 0.717) is 24.3 Å². The van der Waals surface area contributed by atoms with Crippen molar-refractivity contribution in [3.8, 4) is 11.5 Å². The van der Waals surface area contributed by atoms with Crippen LogP contribution < -0.4 is 9.47 Å². The SMILES string of the molecule is COc1cccc(OC)c1C1(O)CC2CCC(C1)O2. The highest BCUT2D eigenvalue weighted by molar-refractivity contribution is 5.49. The Morgan fingerprint density at radius 3 is 2.11 bits per heavy atom. The molecule has 2 atom stereocenters. The average Bonchev–Trinajstić information content (AvgIpc) is 2.77. The van der Waals surface area contributed by atoms with Crippen LogP contribution >= 0.6 is 0 Å². The van der Waals surface area contributed by atoms with Crippen molar-refractivity contribution < 1.29 is 19.3 Å². The summed E-state index contributed by atoms with van der Waals surface area (Å²) >= 11 is 0. The Kier molecular flexibility index (Phi) is 3.15. The molecule has 4 heteroatoms. The third-order valence-electron chi connectivity index (χ3n) is 4.22. The van der Waals surface area contributed by atoms with Crippen LogP contribution in [-0.2, 0) is 10.3 Å². The maximum atomic E-state index is 11.1. The molecule has 4 nitrogen and oxygen atoms in total. The number of aliphatic hydroxyl groups is 1. The monoisotopic (exact) mass is 264 g/mol. The third-order valence-corrected chi connectivity index (χ3v) is 4.22. The Hall–Kier alpha value is -1.26. The van der Waals surface area contributed by atoms with Gasteiger partial charge in [0, 0.05) is 12.8 Å². The summed E-state index contributed by atoms with van der Waals surface area (Å²) < 4.78 is 16.7. The minimum Gasteiger partial charge on any atom is -0.496 e. The van der Waals surface area contributed by atoms with Crippen molar-refractivity contribution in [3.05, 3.63) is 23.8 Å². The molecule has 0 saturated carbocycles. The number of fused-ring (bicyclic) bond motifs is 2. The zero-order valence-corrected chi connectivity index (χ0v) is 11.4. The summed E-state index contributed by atoms with van der Waals surface area (Å²) in [6, 6.07) is 5.61. The van der Waals surface area contributed by atoms with Gasteiger partial charge in [-0.15, -0.1) is 0 Å². The van der Waals surface area contributed by atoms with E-state index >= 15 is 0 Å². The molecule has 2 heterocycles. The maximum Gasteiger partial charge on any atom is 0.128 e. The van der Waals surface area contributed by atoms with Gasteiger partial charge in [0.15, 0.2) is 0 Å². The molecule has 2 aliphatic rings. The van der Waals surface area contributed by atoms with Crippen LogP contribution in [0.1, 0.15) is 31.2 Å². The number of ether oxygens (including phenoxy) is 3. The summed E-state index contributed by atoms with van der Waals surface area (Å²) in [4.78, 5) is 0. The Bertz CT molecular complexity index is 437. The topological polar surface area (TPSA) is 47.9 Å². The highest BCUT2D eigenvalue weighted by Crippen LogP contribution is 2.49. The normalized spacial score (nSPS) is 33.2. The van der Waals surface area contributed by atoms with Gasteiger partial charge in [-0.05, 0) is 25.0 Å². The fourth-order valence-electron chi connectivity index (χ4n) is 3.43. The predicted molar refractivity (Wildman–Crippen MR) is 70.6 cm³/mol. The van der Waals surface area contributed by atoms with Gasteiger partial charge >= 0.3 is 0 Å². The van der Waals surface area contributed by atoms with E-state index in [0.717, 1.165) is 18.4 Å². The van der Waals surface area contributed by atoms with Gasteiger partial charge in [0.05, 0.1) is 32.0 Å². The van der Waals surface area contributed by atoms with E-state index < -0.39 is 5.60 Å². The quantitative estimate of drug-likeness (QED) is 0.909. The molecule has 2 aliphatic heterocycles. The third kappa shape index (κ3) is 2.09. The molecule has 2 fully saturated rings. The number of rotatable bonds is 3. The van der Waals surface area contributed by atoms with E-state index in [9.17, 15) is 5.11 Å². The molecule has 0 aromatic heterocycles. The standard InChI is InChI=1S/C15H20O4/c1-17-12-4-3-5-13(18-2)14(12)15(16)8-10-6-7-11(9-15)19-10/h3-5,10-11,16H,6-9H2,1-2H3. The molecule has 104 valence electrons. The van der Waals surface area contributed by atoms with E-state index in [1.807, 2.05) is 18.2 Å². The lowest BCUT2D eigenvalue weighted by atomic mass is 9.82. The minimum atomic E-state index is -0.915. The second-order valence-electron chi connectivity index (χ2n) is 5.43. The van der Waals surface area contributed by atoms with Crippen LogP contribution in [0.15, 0.2) is 18.2 Å². The number of hydrogen-bond donors (Lipinski definition) is 1. The Balaban J connectivity index is 2.05. The first kappa shape index (κ1) is 12.8. The molecule has 2 bridgehead atoms. The van der Waals surface area contributed by atoms with E-state index in [1.54, 1.807) is 14.2 Å². The van der Waals surface area contributed by atoms with Crippen molar-refractivity contribution in [1.29, 1.82) is 0 Å². The fourth-order valence-corrected chi connectivity index (χ4v) is 3.43. The number of benzene rings is 1. The average molecular weight is 264 g/mol. The smallest absolute Gasteiger partial charge is 0.128 e. The molecule has 2 saturated heterocycles. The first-order valence-corrected chi connectivity index (χ1v) is 6.75. The van der Waals surface area contributed by atoms with Crippen LogP contribution in [0.2, 0.25) is 0 Å². The van der Waals surface area contributed by atoms with E-state index in [1.165, 1.54) is 0 Å². The van der Waals surface area contributed by atoms with Gasteiger partial charge in [0.2, 0.25) is 0 Å². The highest BCUT2D eigenvalue weighted by atomic mass is 16.5. The van der Waals surface area contributed by atoms with Gasteiger partial charge in [-0.25, -0.2) is 0 Å². The number of hydrogen-bond acceptors (Lipinski definition) is 4. The first-order chi connectivity index (χ1) is 9.16. The molecule has 19 heavy (non-hydrogen) atoms. The van der Waals surface area contributed by atoms with Gasteiger partial charge < -0.3 is 19.3 Å². The lowest BCUT2D eigenvalue weighted by Gasteiger charge is -2.38. The van der Waals surface area contributed by atoms with Crippen LogP contribution in [-0.4, -0.2) is 31.5 Å². The maximum absolute atomic E-state index is 11.1. The molecular formula is C15H20O4. The molecule has 1 N–H and O–H groups in total. The van der Waals surface area contributed by atoms with Crippen LogP contribution in [0.5, 0.6) is 11.5 Å². The van der Waals surface area contributed by atoms with Crippen LogP contribution in [0.25, 0.3) is 0 Å². The molecule has 0 amide bonds. The van der Waals surface area contributed by atoms with Gasteiger partial charge in [0.1, 0.15) is 17.1 Å². The summed E-state index contributed by atoms with van der Waals surface area (Å²) in [5.74, 6) is 1.37. The summed E-state index contributed by atoms with van der Waals surface area (Å²) in [7, 11) is 3.24. The number of methoxy groups -OCH3 is 2. The molecule has 0 aliphatic carbocycles. The van der Waals surface area contributed by atoms with Crippen LogP contribution in [0.4, 0.5) is 0 Å². The molecule has 3 rings (SSSR count). The summed E-state index contributed by atoms with van der Waals surface area (Å²) in [6.45, 7) is 0. The van der Waals surface area contributed by atoms with Crippen molar-refractivity contribution in [3.63, 3.8) is 0 Å². The second-order valence-corrected chi connectivity index (χ2v) is 5.43. The Labute approximate surface area is 113 Å². The summed E-state index contributed by atoms with van der Waals surface area (Å²) in [5, 5.41) is 11.1. The van der Waals surface area contributed by atoms with Crippen LogP contribution in [0, 0.1) is 0 Å². The van der Waals surface area contributed by atoms with Gasteiger partial charge in [-0.2, -0.15) is 0 Å². The lowest BCUT2D eigenvalue weighted by molar-refractivity contribution is -0.117. The second kappa shape index (κ2) is 4.69. The summed E-state index contributed by atoms with van der Waals surface area (Å²) in [5.41, 5.74) is -0.151. The molecule has 1 aromatic carbocycles. The largest absolute Gasteiger partial charge is 0.496 e. The lowest BCUT2D eigenvalue weighted by Crippen LogP contribution is -2.39. The van der Waals surface area contributed by atoms with Crippen molar-refractivity contribution in [2.24, 2.45) is 0 Å². The van der Waals surface area contributed by atoms with E-state index in [-0.39, 0.29) is 12.2 Å². The van der Waals surface area contributed by atoms with Gasteiger partial charge in [0.25, 0.3) is 0 Å². The van der Waals surface area contributed by atoms with Gasteiger partial charge in [-0.3, -0.25) is 0 Å². The van der Waals surface area contributed by atoms with Gasteiger partial charge in [-0.1, -0.05) is 6.07 Å².